The van der Waals surface area contributed by atoms with Crippen LogP contribution < -0.4 is 5.73 Å². The van der Waals surface area contributed by atoms with Crippen LogP contribution in [0.2, 0.25) is 0 Å². The first-order valence-electron chi connectivity index (χ1n) is 4.58. The third-order valence-electron chi connectivity index (χ3n) is 2.14. The summed E-state index contributed by atoms with van der Waals surface area (Å²) in [6.07, 6.45) is 0.0994. The molecule has 1 rings (SSSR count). The van der Waals surface area contributed by atoms with Crippen molar-refractivity contribution in [2.24, 2.45) is 5.73 Å². The molecule has 74 valence electrons. The van der Waals surface area contributed by atoms with Crippen LogP contribution in [0.1, 0.15) is 30.3 Å². The summed E-state index contributed by atoms with van der Waals surface area (Å²) in [5, 5.41) is 2.07. The molecular weight excluding hydrogens is 182 g/mol. The number of nitrogens with two attached hydrogens (primary N) is 1. The minimum Gasteiger partial charge on any atom is -0.377 e. The Morgan fingerprint density at radius 1 is 1.62 bits per heavy atom. The molecule has 13 heavy (non-hydrogen) atoms. The van der Waals surface area contributed by atoms with Gasteiger partial charge in [0, 0.05) is 11.5 Å². The van der Waals surface area contributed by atoms with Crippen LogP contribution in [0.4, 0.5) is 0 Å². The summed E-state index contributed by atoms with van der Waals surface area (Å²) in [6.45, 7) is 6.82. The summed E-state index contributed by atoms with van der Waals surface area (Å²) < 4.78 is 5.46. The van der Waals surface area contributed by atoms with E-state index in [1.807, 2.05) is 13.8 Å². The zero-order valence-corrected chi connectivity index (χ0v) is 9.23. The highest BCUT2D eigenvalue weighted by atomic mass is 32.1. The molecule has 1 aromatic rings. The van der Waals surface area contributed by atoms with Gasteiger partial charge in [0.15, 0.2) is 0 Å². The Labute approximate surface area is 83.7 Å². The molecule has 2 atom stereocenters. The fourth-order valence-corrected chi connectivity index (χ4v) is 2.33. The minimum absolute atomic E-state index is 0.0138. The smallest absolute Gasteiger partial charge is 0.0747 e. The molecule has 0 aromatic carbocycles. The first-order valence-corrected chi connectivity index (χ1v) is 5.46. The largest absolute Gasteiger partial charge is 0.377 e. The molecule has 2 N–H and O–H groups in total. The van der Waals surface area contributed by atoms with E-state index in [-0.39, 0.29) is 12.1 Å². The monoisotopic (exact) mass is 199 g/mol. The number of hydrogen-bond donors (Lipinski definition) is 1. The summed E-state index contributed by atoms with van der Waals surface area (Å²) in [5.74, 6) is 0. The van der Waals surface area contributed by atoms with E-state index >= 15 is 0 Å². The number of aryl methyl sites for hydroxylation is 1. The summed E-state index contributed by atoms with van der Waals surface area (Å²) in [4.78, 5) is 1.24. The van der Waals surface area contributed by atoms with Crippen LogP contribution >= 0.6 is 11.3 Å². The highest BCUT2D eigenvalue weighted by Gasteiger charge is 2.17. The second-order valence-electron chi connectivity index (χ2n) is 3.15. The zero-order chi connectivity index (χ0) is 9.84. The molecule has 0 aliphatic heterocycles. The molecular formula is C10H17NOS. The molecule has 1 heterocycles. The minimum atomic E-state index is 0.0138. The van der Waals surface area contributed by atoms with Crippen LogP contribution in [0.15, 0.2) is 11.4 Å². The van der Waals surface area contributed by atoms with Gasteiger partial charge in [-0.3, -0.25) is 0 Å². The fourth-order valence-electron chi connectivity index (χ4n) is 1.31. The Morgan fingerprint density at radius 2 is 2.31 bits per heavy atom. The molecule has 0 saturated carbocycles. The summed E-state index contributed by atoms with van der Waals surface area (Å²) >= 11 is 1.71. The Balaban J connectivity index is 2.67. The van der Waals surface area contributed by atoms with Crippen LogP contribution in [0.25, 0.3) is 0 Å². The maximum absolute atomic E-state index is 6.06. The van der Waals surface area contributed by atoms with Gasteiger partial charge in [-0.25, -0.2) is 0 Å². The average Bonchev–Trinajstić information content (AvgIpc) is 2.50. The van der Waals surface area contributed by atoms with Crippen molar-refractivity contribution in [2.75, 3.05) is 6.61 Å². The first kappa shape index (κ1) is 10.7. The molecule has 2 nitrogen and oxygen atoms in total. The second kappa shape index (κ2) is 4.74. The first-order chi connectivity index (χ1) is 6.16. The molecule has 3 heteroatoms. The summed E-state index contributed by atoms with van der Waals surface area (Å²) in [7, 11) is 0. The Kier molecular flexibility index (Phi) is 3.90. The van der Waals surface area contributed by atoms with E-state index in [9.17, 15) is 0 Å². The van der Waals surface area contributed by atoms with Crippen LogP contribution in [-0.4, -0.2) is 12.7 Å². The standard InChI is InChI=1S/C10H17NOS/c1-4-12-8(3)9(11)10-7(2)5-6-13-10/h5-6,8-9H,4,11H2,1-3H3. The van der Waals surface area contributed by atoms with Crippen LogP contribution in [-0.2, 0) is 4.74 Å². The van der Waals surface area contributed by atoms with Crippen molar-refractivity contribution in [1.82, 2.24) is 0 Å². The van der Waals surface area contributed by atoms with Gasteiger partial charge >= 0.3 is 0 Å². The van der Waals surface area contributed by atoms with Gasteiger partial charge in [0.25, 0.3) is 0 Å². The molecule has 2 unspecified atom stereocenters. The van der Waals surface area contributed by atoms with Crippen molar-refractivity contribution in [3.63, 3.8) is 0 Å². The van der Waals surface area contributed by atoms with E-state index in [2.05, 4.69) is 18.4 Å². The Bertz CT molecular complexity index is 259. The average molecular weight is 199 g/mol. The Hall–Kier alpha value is -0.380. The van der Waals surface area contributed by atoms with Gasteiger partial charge in [0.05, 0.1) is 12.1 Å². The van der Waals surface area contributed by atoms with Crippen molar-refractivity contribution in [3.8, 4) is 0 Å². The molecule has 0 aliphatic rings. The lowest BCUT2D eigenvalue weighted by Crippen LogP contribution is -2.26. The van der Waals surface area contributed by atoms with Gasteiger partial charge in [-0.15, -0.1) is 11.3 Å². The maximum Gasteiger partial charge on any atom is 0.0747 e. The van der Waals surface area contributed by atoms with E-state index in [0.717, 1.165) is 6.61 Å². The normalized spacial score (nSPS) is 15.7. The van der Waals surface area contributed by atoms with Gasteiger partial charge in [0.1, 0.15) is 0 Å². The number of ether oxygens (including phenoxy) is 1. The summed E-state index contributed by atoms with van der Waals surface area (Å²) in [5.41, 5.74) is 7.32. The summed E-state index contributed by atoms with van der Waals surface area (Å²) in [6, 6.07) is 2.11. The highest BCUT2D eigenvalue weighted by Crippen LogP contribution is 2.25. The zero-order valence-electron chi connectivity index (χ0n) is 8.41. The third kappa shape index (κ3) is 2.53. The predicted molar refractivity (Wildman–Crippen MR) is 57.1 cm³/mol. The van der Waals surface area contributed by atoms with Crippen molar-refractivity contribution in [2.45, 2.75) is 32.9 Å². The highest BCUT2D eigenvalue weighted by molar-refractivity contribution is 7.10. The van der Waals surface area contributed by atoms with Gasteiger partial charge in [0.2, 0.25) is 0 Å². The van der Waals surface area contributed by atoms with E-state index in [4.69, 9.17) is 10.5 Å². The second-order valence-corrected chi connectivity index (χ2v) is 4.10. The lowest BCUT2D eigenvalue weighted by molar-refractivity contribution is 0.0581. The Morgan fingerprint density at radius 3 is 2.77 bits per heavy atom. The number of rotatable bonds is 4. The molecule has 0 aliphatic carbocycles. The predicted octanol–water partition coefficient (Wildman–Crippen LogP) is 2.48. The lowest BCUT2D eigenvalue weighted by Gasteiger charge is -2.19. The maximum atomic E-state index is 6.06. The SMILES string of the molecule is CCOC(C)C(N)c1sccc1C. The van der Waals surface area contributed by atoms with Crippen LogP contribution in [0.5, 0.6) is 0 Å². The van der Waals surface area contributed by atoms with E-state index < -0.39 is 0 Å². The quantitative estimate of drug-likeness (QED) is 0.808. The van der Waals surface area contributed by atoms with Crippen LogP contribution in [0.3, 0.4) is 0 Å². The molecule has 0 fully saturated rings. The van der Waals surface area contributed by atoms with Gasteiger partial charge < -0.3 is 10.5 Å². The van der Waals surface area contributed by atoms with Gasteiger partial charge in [-0.05, 0) is 37.8 Å². The molecule has 1 aromatic heterocycles. The van der Waals surface area contributed by atoms with Crippen molar-refractivity contribution < 1.29 is 4.74 Å². The third-order valence-corrected chi connectivity index (χ3v) is 3.26. The van der Waals surface area contributed by atoms with Gasteiger partial charge in [-0.2, -0.15) is 0 Å². The van der Waals surface area contributed by atoms with Gasteiger partial charge in [-0.1, -0.05) is 0 Å². The molecule has 0 radical (unpaired) electrons. The van der Waals surface area contributed by atoms with Crippen molar-refractivity contribution >= 4 is 11.3 Å². The lowest BCUT2D eigenvalue weighted by atomic mass is 10.1. The number of thiophene rings is 1. The topological polar surface area (TPSA) is 35.2 Å². The molecule has 0 bridgehead atoms. The molecule has 0 spiro atoms. The van der Waals surface area contributed by atoms with Crippen molar-refractivity contribution in [3.05, 3.63) is 21.9 Å². The van der Waals surface area contributed by atoms with E-state index in [0.29, 0.717) is 0 Å². The fraction of sp³-hybridized carbons (Fsp3) is 0.600. The van der Waals surface area contributed by atoms with Crippen molar-refractivity contribution in [1.29, 1.82) is 0 Å². The van der Waals surface area contributed by atoms with E-state index in [1.54, 1.807) is 11.3 Å². The van der Waals surface area contributed by atoms with E-state index in [1.165, 1.54) is 10.4 Å². The molecule has 0 amide bonds. The number of hydrogen-bond acceptors (Lipinski definition) is 3. The molecule has 0 saturated heterocycles. The van der Waals surface area contributed by atoms with Crippen LogP contribution in [0, 0.1) is 6.92 Å².